The third-order valence-electron chi connectivity index (χ3n) is 3.09. The predicted molar refractivity (Wildman–Crippen MR) is 80.1 cm³/mol. The zero-order valence-corrected chi connectivity index (χ0v) is 13.2. The molecule has 0 saturated heterocycles. The summed E-state index contributed by atoms with van der Waals surface area (Å²) >= 11 is 0. The van der Waals surface area contributed by atoms with Gasteiger partial charge in [0.1, 0.15) is 0 Å². The molecule has 0 fully saturated rings. The molecule has 1 N–H and O–H groups in total. The van der Waals surface area contributed by atoms with Gasteiger partial charge in [-0.25, -0.2) is 0 Å². The summed E-state index contributed by atoms with van der Waals surface area (Å²) in [5.41, 5.74) is 1.39. The van der Waals surface area contributed by atoms with Crippen LogP contribution in [0.3, 0.4) is 0 Å². The number of hydrogen-bond acceptors (Lipinski definition) is 3. The standard InChI is InChI=1S/C15H32N2O/c1-8-14(3)17(9-10-18-7)12-13(2)11-16-15(4,5)6/h14,16H,2,8-12H2,1,3-7H3. The summed E-state index contributed by atoms with van der Waals surface area (Å²) < 4.78 is 5.18. The first-order valence-electron chi connectivity index (χ1n) is 6.94. The molecule has 1 atom stereocenters. The van der Waals surface area contributed by atoms with Gasteiger partial charge in [0.05, 0.1) is 6.61 Å². The second-order valence-corrected chi connectivity index (χ2v) is 6.07. The summed E-state index contributed by atoms with van der Waals surface area (Å²) in [6, 6.07) is 0.575. The molecule has 0 rings (SSSR count). The Morgan fingerprint density at radius 2 is 2.00 bits per heavy atom. The van der Waals surface area contributed by atoms with Crippen molar-refractivity contribution >= 4 is 0 Å². The molecule has 0 aliphatic rings. The molecule has 3 nitrogen and oxygen atoms in total. The van der Waals surface area contributed by atoms with E-state index in [1.54, 1.807) is 7.11 Å². The molecule has 0 aromatic rings. The van der Waals surface area contributed by atoms with Crippen molar-refractivity contribution in [3.63, 3.8) is 0 Å². The SMILES string of the molecule is C=C(CNC(C)(C)C)CN(CCOC)C(C)CC. The summed E-state index contributed by atoms with van der Waals surface area (Å²) in [6.45, 7) is 18.8. The quantitative estimate of drug-likeness (QED) is 0.642. The van der Waals surface area contributed by atoms with Crippen molar-refractivity contribution < 1.29 is 4.74 Å². The first-order valence-corrected chi connectivity index (χ1v) is 6.94. The highest BCUT2D eigenvalue weighted by atomic mass is 16.5. The van der Waals surface area contributed by atoms with Crippen LogP contribution < -0.4 is 5.32 Å². The maximum absolute atomic E-state index is 5.18. The van der Waals surface area contributed by atoms with E-state index in [1.807, 2.05) is 0 Å². The molecule has 0 radical (unpaired) electrons. The lowest BCUT2D eigenvalue weighted by Crippen LogP contribution is -2.41. The highest BCUT2D eigenvalue weighted by Crippen LogP contribution is 2.07. The number of methoxy groups -OCH3 is 1. The molecular weight excluding hydrogens is 224 g/mol. The molecule has 0 spiro atoms. The Hall–Kier alpha value is -0.380. The number of hydrogen-bond donors (Lipinski definition) is 1. The molecule has 0 aromatic carbocycles. The molecule has 0 aliphatic carbocycles. The lowest BCUT2D eigenvalue weighted by atomic mass is 10.1. The van der Waals surface area contributed by atoms with Gasteiger partial charge < -0.3 is 10.1 Å². The fraction of sp³-hybridized carbons (Fsp3) is 0.867. The van der Waals surface area contributed by atoms with E-state index in [9.17, 15) is 0 Å². The zero-order chi connectivity index (χ0) is 14.2. The van der Waals surface area contributed by atoms with E-state index in [4.69, 9.17) is 4.74 Å². The van der Waals surface area contributed by atoms with E-state index < -0.39 is 0 Å². The van der Waals surface area contributed by atoms with Crippen LogP contribution in [0.2, 0.25) is 0 Å². The number of ether oxygens (including phenoxy) is 1. The first-order chi connectivity index (χ1) is 8.30. The van der Waals surface area contributed by atoms with Crippen molar-refractivity contribution in [2.75, 3.05) is 33.4 Å². The van der Waals surface area contributed by atoms with Crippen LogP contribution in [0.5, 0.6) is 0 Å². The van der Waals surface area contributed by atoms with Gasteiger partial charge in [0.2, 0.25) is 0 Å². The summed E-state index contributed by atoms with van der Waals surface area (Å²) in [4.78, 5) is 2.44. The van der Waals surface area contributed by atoms with E-state index >= 15 is 0 Å². The van der Waals surface area contributed by atoms with Crippen molar-refractivity contribution in [1.82, 2.24) is 10.2 Å². The third kappa shape index (κ3) is 8.67. The molecule has 18 heavy (non-hydrogen) atoms. The van der Waals surface area contributed by atoms with Crippen LogP contribution in [0.4, 0.5) is 0 Å². The summed E-state index contributed by atoms with van der Waals surface area (Å²) in [6.07, 6.45) is 1.16. The second kappa shape index (κ2) is 8.68. The predicted octanol–water partition coefficient (Wildman–Crippen LogP) is 2.68. The van der Waals surface area contributed by atoms with E-state index in [2.05, 4.69) is 51.4 Å². The number of nitrogens with zero attached hydrogens (tertiary/aromatic N) is 1. The maximum atomic E-state index is 5.18. The minimum atomic E-state index is 0.149. The Morgan fingerprint density at radius 1 is 1.39 bits per heavy atom. The first kappa shape index (κ1) is 17.6. The van der Waals surface area contributed by atoms with Gasteiger partial charge >= 0.3 is 0 Å². The van der Waals surface area contributed by atoms with Gasteiger partial charge in [-0.15, -0.1) is 0 Å². The van der Waals surface area contributed by atoms with Crippen LogP contribution in [-0.4, -0.2) is 49.8 Å². The second-order valence-electron chi connectivity index (χ2n) is 6.07. The van der Waals surface area contributed by atoms with Gasteiger partial charge in [-0.05, 0) is 39.7 Å². The smallest absolute Gasteiger partial charge is 0.0589 e. The lowest BCUT2D eigenvalue weighted by molar-refractivity contribution is 0.129. The summed E-state index contributed by atoms with van der Waals surface area (Å²) in [7, 11) is 1.75. The van der Waals surface area contributed by atoms with E-state index in [1.165, 1.54) is 5.57 Å². The van der Waals surface area contributed by atoms with Gasteiger partial charge in [-0.2, -0.15) is 0 Å². The van der Waals surface area contributed by atoms with Crippen LogP contribution in [0.1, 0.15) is 41.0 Å². The minimum Gasteiger partial charge on any atom is -0.383 e. The molecule has 108 valence electrons. The largest absolute Gasteiger partial charge is 0.383 e. The molecule has 0 heterocycles. The molecule has 1 unspecified atom stereocenters. The van der Waals surface area contributed by atoms with Crippen molar-refractivity contribution in [2.24, 2.45) is 0 Å². The van der Waals surface area contributed by atoms with E-state index in [-0.39, 0.29) is 5.54 Å². The van der Waals surface area contributed by atoms with Crippen LogP contribution in [0.15, 0.2) is 12.2 Å². The Kier molecular flexibility index (Phi) is 8.49. The fourth-order valence-corrected chi connectivity index (χ4v) is 1.66. The Bertz CT molecular complexity index is 233. The lowest BCUT2D eigenvalue weighted by Gasteiger charge is -2.30. The molecule has 0 bridgehead atoms. The van der Waals surface area contributed by atoms with Crippen molar-refractivity contribution in [1.29, 1.82) is 0 Å². The average molecular weight is 256 g/mol. The minimum absolute atomic E-state index is 0.149. The molecule has 0 aliphatic heterocycles. The topological polar surface area (TPSA) is 24.5 Å². The van der Waals surface area contributed by atoms with Crippen LogP contribution in [0, 0.1) is 0 Å². The van der Waals surface area contributed by atoms with Gasteiger partial charge in [0.25, 0.3) is 0 Å². The van der Waals surface area contributed by atoms with Crippen molar-refractivity contribution in [3.8, 4) is 0 Å². The number of nitrogens with one attached hydrogen (secondary N) is 1. The van der Waals surface area contributed by atoms with Crippen molar-refractivity contribution in [2.45, 2.75) is 52.6 Å². The van der Waals surface area contributed by atoms with Crippen LogP contribution in [-0.2, 0) is 4.74 Å². The van der Waals surface area contributed by atoms with Gasteiger partial charge in [-0.3, -0.25) is 4.90 Å². The zero-order valence-electron chi connectivity index (χ0n) is 13.2. The maximum Gasteiger partial charge on any atom is 0.0589 e. The highest BCUT2D eigenvalue weighted by molar-refractivity contribution is 5.01. The normalized spacial score (nSPS) is 13.9. The fourth-order valence-electron chi connectivity index (χ4n) is 1.66. The van der Waals surface area contributed by atoms with Gasteiger partial charge in [0, 0.05) is 38.3 Å². The highest BCUT2D eigenvalue weighted by Gasteiger charge is 2.14. The average Bonchev–Trinajstić information content (AvgIpc) is 2.30. The van der Waals surface area contributed by atoms with Gasteiger partial charge in [-0.1, -0.05) is 13.5 Å². The van der Waals surface area contributed by atoms with E-state index in [0.29, 0.717) is 6.04 Å². The molecule has 3 heteroatoms. The van der Waals surface area contributed by atoms with Crippen LogP contribution in [0.25, 0.3) is 0 Å². The summed E-state index contributed by atoms with van der Waals surface area (Å²) in [5, 5.41) is 3.48. The molecular formula is C15H32N2O. The van der Waals surface area contributed by atoms with Gasteiger partial charge in [0.15, 0.2) is 0 Å². The van der Waals surface area contributed by atoms with Crippen molar-refractivity contribution in [3.05, 3.63) is 12.2 Å². The molecule has 0 aromatic heterocycles. The van der Waals surface area contributed by atoms with Crippen LogP contribution >= 0.6 is 0 Å². The number of rotatable bonds is 9. The third-order valence-corrected chi connectivity index (χ3v) is 3.09. The monoisotopic (exact) mass is 256 g/mol. The Morgan fingerprint density at radius 3 is 2.44 bits per heavy atom. The summed E-state index contributed by atoms with van der Waals surface area (Å²) in [5.74, 6) is 0. The Balaban J connectivity index is 4.17. The van der Waals surface area contributed by atoms with E-state index in [0.717, 1.165) is 32.7 Å². The molecule has 0 amide bonds. The molecule has 0 saturated carbocycles. The Labute approximate surface area is 114 Å².